The highest BCUT2D eigenvalue weighted by Gasteiger charge is 2.10. The number of hydrogen-bond donors (Lipinski definition) is 2. The average Bonchev–Trinajstić information content (AvgIpc) is 3.24. The molecule has 0 amide bonds. The number of hydrogen-bond acceptors (Lipinski definition) is 1. The summed E-state index contributed by atoms with van der Waals surface area (Å²) in [6, 6.07) is 15.1. The third-order valence-corrected chi connectivity index (χ3v) is 4.30. The zero-order valence-electron chi connectivity index (χ0n) is 15.6. The van der Waals surface area contributed by atoms with Gasteiger partial charge in [0.2, 0.25) is 0 Å². The lowest BCUT2D eigenvalue weighted by molar-refractivity contribution is 0.864. The van der Waals surface area contributed by atoms with Crippen molar-refractivity contribution in [2.45, 2.75) is 47.0 Å². The maximum atomic E-state index is 3.37. The van der Waals surface area contributed by atoms with Crippen LogP contribution in [-0.4, -0.2) is 11.5 Å². The Balaban J connectivity index is 0.000000160. The number of H-pyrrole nitrogens is 1. The highest BCUT2D eigenvalue weighted by Crippen LogP contribution is 2.26. The first-order valence-electron chi connectivity index (χ1n) is 9.04. The number of aromatic nitrogens is 1. The molecule has 2 heterocycles. The second kappa shape index (κ2) is 8.58. The molecule has 0 radical (unpaired) electrons. The van der Waals surface area contributed by atoms with Gasteiger partial charge in [0, 0.05) is 29.3 Å². The molecule has 2 aromatic carbocycles. The molecule has 0 saturated carbocycles. The Morgan fingerprint density at radius 2 is 1.75 bits per heavy atom. The zero-order valence-corrected chi connectivity index (χ0v) is 15.6. The molecule has 0 unspecified atom stereocenters. The van der Waals surface area contributed by atoms with Gasteiger partial charge in [-0.1, -0.05) is 58.0 Å². The van der Waals surface area contributed by atoms with Gasteiger partial charge in [-0.25, -0.2) is 0 Å². The van der Waals surface area contributed by atoms with Crippen LogP contribution in [0.4, 0.5) is 5.69 Å². The predicted octanol–water partition coefficient (Wildman–Crippen LogP) is 6.28. The predicted molar refractivity (Wildman–Crippen MR) is 107 cm³/mol. The van der Waals surface area contributed by atoms with Crippen LogP contribution in [0.25, 0.3) is 10.9 Å². The average molecular weight is 322 g/mol. The number of nitrogens with one attached hydrogen (secondary N) is 2. The summed E-state index contributed by atoms with van der Waals surface area (Å²) in [7, 11) is 0. The second-order valence-electron chi connectivity index (χ2n) is 6.27. The first-order valence-corrected chi connectivity index (χ1v) is 9.04. The molecular formula is C22H30N2. The van der Waals surface area contributed by atoms with Gasteiger partial charge in [0.15, 0.2) is 0 Å². The van der Waals surface area contributed by atoms with E-state index in [0.717, 1.165) is 6.54 Å². The monoisotopic (exact) mass is 322 g/mol. The fourth-order valence-electron chi connectivity index (χ4n) is 2.90. The van der Waals surface area contributed by atoms with E-state index in [4.69, 9.17) is 0 Å². The minimum atomic E-state index is 0.649. The lowest BCUT2D eigenvalue weighted by Crippen LogP contribution is -1.90. The molecule has 128 valence electrons. The molecule has 4 rings (SSSR count). The van der Waals surface area contributed by atoms with Crippen LogP contribution in [0, 0.1) is 6.92 Å². The van der Waals surface area contributed by atoms with Crippen molar-refractivity contribution in [3.63, 3.8) is 0 Å². The minimum Gasteiger partial charge on any atom is -0.384 e. The SMILES string of the molecule is CC.CC(C)c1ccc2c(c1)CCN2.Cc1c[nH]c2ccccc12. The van der Waals surface area contributed by atoms with E-state index in [1.54, 1.807) is 0 Å². The largest absolute Gasteiger partial charge is 0.384 e. The van der Waals surface area contributed by atoms with Crippen molar-refractivity contribution in [1.82, 2.24) is 4.98 Å². The summed E-state index contributed by atoms with van der Waals surface area (Å²) in [6.45, 7) is 11.7. The summed E-state index contributed by atoms with van der Waals surface area (Å²) in [4.78, 5) is 3.19. The van der Waals surface area contributed by atoms with Crippen LogP contribution in [0.1, 0.15) is 50.3 Å². The molecule has 0 spiro atoms. The molecule has 2 nitrogen and oxygen atoms in total. The fourth-order valence-corrected chi connectivity index (χ4v) is 2.90. The number of rotatable bonds is 1. The molecule has 24 heavy (non-hydrogen) atoms. The van der Waals surface area contributed by atoms with Crippen molar-refractivity contribution >= 4 is 16.6 Å². The maximum Gasteiger partial charge on any atom is 0.0456 e. The first-order chi connectivity index (χ1) is 11.6. The quantitative estimate of drug-likeness (QED) is 0.542. The van der Waals surface area contributed by atoms with Gasteiger partial charge >= 0.3 is 0 Å². The number of anilines is 1. The van der Waals surface area contributed by atoms with Gasteiger partial charge in [0.1, 0.15) is 0 Å². The van der Waals surface area contributed by atoms with E-state index in [1.807, 2.05) is 26.1 Å². The van der Waals surface area contributed by atoms with Gasteiger partial charge in [0.05, 0.1) is 0 Å². The summed E-state index contributed by atoms with van der Waals surface area (Å²) in [5.74, 6) is 0.649. The molecule has 0 fully saturated rings. The number of aryl methyl sites for hydroxylation is 1. The highest BCUT2D eigenvalue weighted by atomic mass is 14.9. The smallest absolute Gasteiger partial charge is 0.0456 e. The maximum absolute atomic E-state index is 3.37. The highest BCUT2D eigenvalue weighted by molar-refractivity contribution is 5.82. The van der Waals surface area contributed by atoms with Crippen LogP contribution in [0.3, 0.4) is 0 Å². The van der Waals surface area contributed by atoms with E-state index in [0.29, 0.717) is 5.92 Å². The third kappa shape index (κ3) is 4.19. The summed E-state index contributed by atoms with van der Waals surface area (Å²) < 4.78 is 0. The van der Waals surface area contributed by atoms with Crippen LogP contribution in [-0.2, 0) is 6.42 Å². The number of aromatic amines is 1. The van der Waals surface area contributed by atoms with E-state index in [9.17, 15) is 0 Å². The van der Waals surface area contributed by atoms with E-state index in [1.165, 1.54) is 39.7 Å². The van der Waals surface area contributed by atoms with Crippen LogP contribution in [0.15, 0.2) is 48.7 Å². The molecular weight excluding hydrogens is 292 g/mol. The molecule has 2 heteroatoms. The first kappa shape index (κ1) is 18.1. The number of para-hydroxylation sites is 1. The third-order valence-electron chi connectivity index (χ3n) is 4.30. The van der Waals surface area contributed by atoms with Crippen molar-refractivity contribution in [2.75, 3.05) is 11.9 Å². The van der Waals surface area contributed by atoms with Gasteiger partial charge in [-0.2, -0.15) is 0 Å². The lowest BCUT2D eigenvalue weighted by Gasteiger charge is -2.07. The van der Waals surface area contributed by atoms with E-state index in [-0.39, 0.29) is 0 Å². The molecule has 0 atom stereocenters. The van der Waals surface area contributed by atoms with Crippen LogP contribution in [0.2, 0.25) is 0 Å². The van der Waals surface area contributed by atoms with Gasteiger partial charge in [-0.3, -0.25) is 0 Å². The molecule has 1 aromatic heterocycles. The standard InChI is InChI=1S/C11H15N.C9H9N.C2H6/c1-8(2)9-3-4-11-10(7-9)5-6-12-11;1-7-6-10-9-5-3-2-4-8(7)9;1-2/h3-4,7-8,12H,5-6H2,1-2H3;2-6,10H,1H3;1-2H3. The summed E-state index contributed by atoms with van der Waals surface area (Å²) >= 11 is 0. The van der Waals surface area contributed by atoms with Gasteiger partial charge in [0.25, 0.3) is 0 Å². The second-order valence-corrected chi connectivity index (χ2v) is 6.27. The topological polar surface area (TPSA) is 27.8 Å². The molecule has 1 aliphatic rings. The summed E-state index contributed by atoms with van der Waals surface area (Å²) in [5.41, 5.74) is 6.81. The molecule has 0 aliphatic carbocycles. The van der Waals surface area contributed by atoms with Crippen molar-refractivity contribution < 1.29 is 0 Å². The molecule has 0 bridgehead atoms. The fraction of sp³-hybridized carbons (Fsp3) is 0.364. The molecule has 3 aromatic rings. The normalized spacial score (nSPS) is 11.9. The van der Waals surface area contributed by atoms with E-state index in [2.05, 4.69) is 67.5 Å². The van der Waals surface area contributed by atoms with Gasteiger partial charge in [-0.05, 0) is 48.1 Å². The molecule has 0 saturated heterocycles. The summed E-state index contributed by atoms with van der Waals surface area (Å²) in [5, 5.41) is 4.69. The Labute approximate surface area is 146 Å². The van der Waals surface area contributed by atoms with E-state index < -0.39 is 0 Å². The Kier molecular flexibility index (Phi) is 6.48. The van der Waals surface area contributed by atoms with Crippen molar-refractivity contribution in [1.29, 1.82) is 0 Å². The molecule has 1 aliphatic heterocycles. The number of fused-ring (bicyclic) bond motifs is 2. The minimum absolute atomic E-state index is 0.649. The Morgan fingerprint density at radius 3 is 2.46 bits per heavy atom. The zero-order chi connectivity index (χ0) is 17.5. The Hall–Kier alpha value is -2.22. The van der Waals surface area contributed by atoms with Crippen molar-refractivity contribution in [3.05, 3.63) is 65.4 Å². The van der Waals surface area contributed by atoms with Gasteiger partial charge < -0.3 is 10.3 Å². The van der Waals surface area contributed by atoms with Crippen LogP contribution >= 0.6 is 0 Å². The lowest BCUT2D eigenvalue weighted by atomic mass is 10.00. The number of benzene rings is 2. The summed E-state index contributed by atoms with van der Waals surface area (Å²) in [6.07, 6.45) is 3.22. The van der Waals surface area contributed by atoms with Gasteiger partial charge in [-0.15, -0.1) is 0 Å². The Bertz CT molecular complexity index is 768. The Morgan fingerprint density at radius 1 is 1.00 bits per heavy atom. The molecule has 2 N–H and O–H groups in total. The van der Waals surface area contributed by atoms with Crippen molar-refractivity contribution in [2.24, 2.45) is 0 Å². The van der Waals surface area contributed by atoms with Crippen molar-refractivity contribution in [3.8, 4) is 0 Å². The van der Waals surface area contributed by atoms with Crippen LogP contribution < -0.4 is 5.32 Å². The van der Waals surface area contributed by atoms with Crippen LogP contribution in [0.5, 0.6) is 0 Å². The van der Waals surface area contributed by atoms with E-state index >= 15 is 0 Å².